The number of carbonyl (C=O) groups excluding carboxylic acids is 1. The van der Waals surface area contributed by atoms with Crippen molar-refractivity contribution in [3.8, 4) is 34.7 Å². The van der Waals surface area contributed by atoms with Gasteiger partial charge >= 0.3 is 5.97 Å². The van der Waals surface area contributed by atoms with Gasteiger partial charge in [-0.25, -0.2) is 4.79 Å². The summed E-state index contributed by atoms with van der Waals surface area (Å²) in [6.45, 7) is 5.73. The van der Waals surface area contributed by atoms with Crippen LogP contribution in [0.1, 0.15) is 30.5 Å². The summed E-state index contributed by atoms with van der Waals surface area (Å²) < 4.78 is 15.7. The Morgan fingerprint density at radius 2 is 2.03 bits per heavy atom. The number of hydrogen-bond donors (Lipinski definition) is 0. The van der Waals surface area contributed by atoms with E-state index in [0.29, 0.717) is 28.6 Å². The predicted molar refractivity (Wildman–Crippen MR) is 111 cm³/mol. The van der Waals surface area contributed by atoms with Crippen LogP contribution in [0.3, 0.4) is 0 Å². The Bertz CT molecular complexity index is 1140. The minimum absolute atomic E-state index is 0.0358. The van der Waals surface area contributed by atoms with Gasteiger partial charge in [0, 0.05) is 17.2 Å². The molecule has 0 saturated heterocycles. The number of hydrogen-bond acceptors (Lipinski definition) is 7. The molecule has 0 atom stereocenters. The number of ether oxygens (including phenoxy) is 2. The fourth-order valence-electron chi connectivity index (χ4n) is 2.83. The van der Waals surface area contributed by atoms with Crippen LogP contribution in [0.15, 0.2) is 47.0 Å². The second kappa shape index (κ2) is 9.05. The maximum atomic E-state index is 11.2. The highest BCUT2D eigenvalue weighted by atomic mass is 16.5. The number of nitriles is 1. The SMILES string of the molecule is COC(=O)/C=C/c1ccc(-c2noc(-c3ccc(OC(C)C)c(C#N)c3)n2)c(C)c1. The van der Waals surface area contributed by atoms with Crippen molar-refractivity contribution in [3.05, 3.63) is 59.2 Å². The van der Waals surface area contributed by atoms with Crippen molar-refractivity contribution in [2.75, 3.05) is 7.11 Å². The summed E-state index contributed by atoms with van der Waals surface area (Å²) in [6.07, 6.45) is 3.00. The first kappa shape index (κ1) is 20.8. The molecule has 0 saturated carbocycles. The zero-order chi connectivity index (χ0) is 21.7. The van der Waals surface area contributed by atoms with Crippen molar-refractivity contribution in [2.24, 2.45) is 0 Å². The lowest BCUT2D eigenvalue weighted by atomic mass is 10.0. The molecule has 0 aliphatic heterocycles. The molecule has 0 bridgehead atoms. The van der Waals surface area contributed by atoms with Crippen LogP contribution in [-0.2, 0) is 9.53 Å². The topological polar surface area (TPSA) is 98.2 Å². The summed E-state index contributed by atoms with van der Waals surface area (Å²) in [5, 5.41) is 13.5. The summed E-state index contributed by atoms with van der Waals surface area (Å²) in [7, 11) is 1.33. The van der Waals surface area contributed by atoms with Crippen LogP contribution in [0, 0.1) is 18.3 Å². The summed E-state index contributed by atoms with van der Waals surface area (Å²) in [4.78, 5) is 15.7. The number of nitrogens with zero attached hydrogens (tertiary/aromatic N) is 3. The van der Waals surface area contributed by atoms with E-state index < -0.39 is 5.97 Å². The van der Waals surface area contributed by atoms with Gasteiger partial charge in [-0.1, -0.05) is 23.4 Å². The van der Waals surface area contributed by atoms with Crippen LogP contribution in [0.4, 0.5) is 0 Å². The fourth-order valence-corrected chi connectivity index (χ4v) is 2.83. The Kier molecular flexibility index (Phi) is 6.28. The zero-order valence-corrected chi connectivity index (χ0v) is 17.2. The molecule has 7 heteroatoms. The normalized spacial score (nSPS) is 10.9. The number of benzene rings is 2. The van der Waals surface area contributed by atoms with Gasteiger partial charge in [0.05, 0.1) is 18.8 Å². The summed E-state index contributed by atoms with van der Waals surface area (Å²) in [6, 6.07) is 12.9. The number of rotatable bonds is 6. The van der Waals surface area contributed by atoms with E-state index in [4.69, 9.17) is 9.26 Å². The van der Waals surface area contributed by atoms with Crippen molar-refractivity contribution in [2.45, 2.75) is 26.9 Å². The van der Waals surface area contributed by atoms with Crippen molar-refractivity contribution < 1.29 is 18.8 Å². The van der Waals surface area contributed by atoms with E-state index in [0.717, 1.165) is 16.7 Å². The molecule has 1 heterocycles. The zero-order valence-electron chi connectivity index (χ0n) is 17.2. The van der Waals surface area contributed by atoms with E-state index in [2.05, 4.69) is 20.9 Å². The quantitative estimate of drug-likeness (QED) is 0.439. The maximum absolute atomic E-state index is 11.2. The molecule has 1 aromatic heterocycles. The highest BCUT2D eigenvalue weighted by Crippen LogP contribution is 2.29. The number of carbonyl (C=O) groups is 1. The van der Waals surface area contributed by atoms with Crippen molar-refractivity contribution in [3.63, 3.8) is 0 Å². The van der Waals surface area contributed by atoms with Gasteiger partial charge < -0.3 is 14.0 Å². The second-order valence-electron chi connectivity index (χ2n) is 6.84. The van der Waals surface area contributed by atoms with E-state index in [1.165, 1.54) is 13.2 Å². The molecule has 0 radical (unpaired) electrons. The van der Waals surface area contributed by atoms with Gasteiger partial charge in [0.25, 0.3) is 5.89 Å². The first-order chi connectivity index (χ1) is 14.4. The summed E-state index contributed by atoms with van der Waals surface area (Å²) >= 11 is 0. The van der Waals surface area contributed by atoms with Crippen LogP contribution in [0.25, 0.3) is 28.9 Å². The molecule has 0 unspecified atom stereocenters. The molecule has 3 rings (SSSR count). The largest absolute Gasteiger partial charge is 0.490 e. The first-order valence-corrected chi connectivity index (χ1v) is 9.33. The third-order valence-corrected chi connectivity index (χ3v) is 4.24. The molecular weight excluding hydrogens is 382 g/mol. The molecule has 0 aliphatic carbocycles. The number of aromatic nitrogens is 2. The highest BCUT2D eigenvalue weighted by molar-refractivity contribution is 5.87. The molecule has 0 fully saturated rings. The van der Waals surface area contributed by atoms with Gasteiger partial charge in [0.2, 0.25) is 5.82 Å². The summed E-state index contributed by atoms with van der Waals surface area (Å²) in [5.41, 5.74) is 3.62. The molecule has 0 aliphatic rings. The van der Waals surface area contributed by atoms with E-state index in [1.807, 2.05) is 39.0 Å². The average molecular weight is 403 g/mol. The van der Waals surface area contributed by atoms with E-state index in [9.17, 15) is 10.1 Å². The van der Waals surface area contributed by atoms with E-state index in [-0.39, 0.29) is 6.10 Å². The molecule has 2 aromatic carbocycles. The maximum Gasteiger partial charge on any atom is 0.330 e. The Balaban J connectivity index is 1.87. The fraction of sp³-hybridized carbons (Fsp3) is 0.217. The van der Waals surface area contributed by atoms with Crippen molar-refractivity contribution in [1.82, 2.24) is 10.1 Å². The highest BCUT2D eigenvalue weighted by Gasteiger charge is 2.15. The molecule has 0 N–H and O–H groups in total. The molecule has 0 amide bonds. The molecule has 7 nitrogen and oxygen atoms in total. The second-order valence-corrected chi connectivity index (χ2v) is 6.84. The van der Waals surface area contributed by atoms with Crippen LogP contribution in [-0.4, -0.2) is 29.3 Å². The van der Waals surface area contributed by atoms with Crippen LogP contribution in [0.5, 0.6) is 5.75 Å². The molecule has 0 spiro atoms. The van der Waals surface area contributed by atoms with Crippen molar-refractivity contribution in [1.29, 1.82) is 5.26 Å². The van der Waals surface area contributed by atoms with Crippen LogP contribution >= 0.6 is 0 Å². The standard InChI is InChI=1S/C23H21N3O4/c1-14(2)29-20-9-7-17(12-18(20)13-24)23-25-22(26-30-23)19-8-5-16(11-15(19)3)6-10-21(27)28-4/h5-12,14H,1-4H3/b10-6+. The van der Waals surface area contributed by atoms with Gasteiger partial charge in [-0.05, 0) is 56.2 Å². The molecule has 3 aromatic rings. The van der Waals surface area contributed by atoms with Gasteiger partial charge in [0.1, 0.15) is 11.8 Å². The number of esters is 1. The lowest BCUT2D eigenvalue weighted by Gasteiger charge is -2.11. The Hall–Kier alpha value is -3.92. The molecular formula is C23H21N3O4. The first-order valence-electron chi connectivity index (χ1n) is 9.33. The number of methoxy groups -OCH3 is 1. The minimum atomic E-state index is -0.416. The predicted octanol–water partition coefficient (Wildman–Crippen LogP) is 4.56. The van der Waals surface area contributed by atoms with Crippen LogP contribution < -0.4 is 4.74 Å². The van der Waals surface area contributed by atoms with Gasteiger partial charge in [-0.15, -0.1) is 0 Å². The third kappa shape index (κ3) is 4.73. The molecule has 152 valence electrons. The number of aryl methyl sites for hydroxylation is 1. The van der Waals surface area contributed by atoms with Crippen molar-refractivity contribution >= 4 is 12.0 Å². The Morgan fingerprint density at radius 3 is 2.70 bits per heavy atom. The monoisotopic (exact) mass is 403 g/mol. The molecule has 30 heavy (non-hydrogen) atoms. The van der Waals surface area contributed by atoms with Gasteiger partial charge in [-0.3, -0.25) is 0 Å². The Labute approximate surface area is 174 Å². The summed E-state index contributed by atoms with van der Waals surface area (Å²) in [5.74, 6) is 0.849. The van der Waals surface area contributed by atoms with Crippen LogP contribution in [0.2, 0.25) is 0 Å². The Morgan fingerprint density at radius 1 is 1.23 bits per heavy atom. The smallest absolute Gasteiger partial charge is 0.330 e. The van der Waals surface area contributed by atoms with E-state index >= 15 is 0 Å². The average Bonchev–Trinajstić information content (AvgIpc) is 3.21. The van der Waals surface area contributed by atoms with E-state index in [1.54, 1.807) is 24.3 Å². The van der Waals surface area contributed by atoms with Gasteiger partial charge in [-0.2, -0.15) is 10.2 Å². The third-order valence-electron chi connectivity index (χ3n) is 4.24. The van der Waals surface area contributed by atoms with Gasteiger partial charge in [0.15, 0.2) is 0 Å². The lowest BCUT2D eigenvalue weighted by Crippen LogP contribution is -2.06. The minimum Gasteiger partial charge on any atom is -0.490 e. The lowest BCUT2D eigenvalue weighted by molar-refractivity contribution is -0.134.